The molecule has 16 rings (SSSR count). The quantitative estimate of drug-likeness (QED) is 0.0565. The maximum atomic E-state index is 10.7. The molecule has 24 nitrogen and oxygen atoms in total. The van der Waals surface area contributed by atoms with Crippen molar-refractivity contribution < 1.29 is 121 Å². The van der Waals surface area contributed by atoms with Gasteiger partial charge in [-0.1, -0.05) is 141 Å². The molecule has 0 amide bonds. The number of aromatic hydroxyl groups is 19. The first kappa shape index (κ1) is 99.3. The second-order valence-electron chi connectivity index (χ2n) is 29.8. The Hall–Kier alpha value is -11.7. The van der Waals surface area contributed by atoms with E-state index in [0.29, 0.717) is 105 Å². The summed E-state index contributed by atoms with van der Waals surface area (Å²) in [6, 6.07) is 34.5. The Balaban J connectivity index is 0.000000179. The predicted molar refractivity (Wildman–Crippen MR) is 515 cm³/mol. The van der Waals surface area contributed by atoms with E-state index >= 15 is 0 Å². The zero-order valence-electron chi connectivity index (χ0n) is 68.0. The van der Waals surface area contributed by atoms with E-state index < -0.39 is 11.5 Å². The fourth-order valence-electron chi connectivity index (χ4n) is 13.5. The number of ether oxygens (including phenoxy) is 5. The van der Waals surface area contributed by atoms with Crippen molar-refractivity contribution >= 4 is 152 Å². The highest BCUT2D eigenvalue weighted by molar-refractivity contribution is 9.11. The molecule has 0 atom stereocenters. The van der Waals surface area contributed by atoms with Crippen molar-refractivity contribution in [2.75, 3.05) is 0 Å². The summed E-state index contributed by atoms with van der Waals surface area (Å²) in [6.07, 6.45) is 11.6. The van der Waals surface area contributed by atoms with E-state index in [1.54, 1.807) is 48.6 Å². The van der Waals surface area contributed by atoms with Crippen molar-refractivity contribution in [3.05, 3.63) is 314 Å². The lowest BCUT2D eigenvalue weighted by atomic mass is 10.1. The van der Waals surface area contributed by atoms with Gasteiger partial charge in [0.15, 0.2) is 57.5 Å². The van der Waals surface area contributed by atoms with E-state index in [1.165, 1.54) is 127 Å². The van der Waals surface area contributed by atoms with E-state index in [4.69, 9.17) is 128 Å². The minimum absolute atomic E-state index is 0.0157. The highest BCUT2D eigenvalue weighted by atomic mass is 79.9. The molecule has 12 aromatic rings. The van der Waals surface area contributed by atoms with Gasteiger partial charge in [-0.05, 0) is 224 Å². The Bertz CT molecular complexity index is 6330. The van der Waals surface area contributed by atoms with E-state index in [-0.39, 0.29) is 252 Å². The van der Waals surface area contributed by atoms with Crippen LogP contribution in [0.15, 0.2) is 232 Å². The van der Waals surface area contributed by atoms with Crippen LogP contribution in [0.5, 0.6) is 167 Å². The van der Waals surface area contributed by atoms with Crippen molar-refractivity contribution in [2.45, 2.75) is 77.0 Å². The topological polar surface area (TPSA) is 431 Å². The average molecular weight is 2170 g/mol. The van der Waals surface area contributed by atoms with Crippen LogP contribution in [0.25, 0.3) is 0 Å². The summed E-state index contributed by atoms with van der Waals surface area (Å²) in [7, 11) is 0. The van der Waals surface area contributed by atoms with Crippen LogP contribution in [0.2, 0.25) is 15.1 Å². The first-order valence-electron chi connectivity index (χ1n) is 39.0. The molecule has 12 aromatic carbocycles. The van der Waals surface area contributed by atoms with Gasteiger partial charge >= 0.3 is 0 Å². The molecule has 0 saturated carbocycles. The summed E-state index contributed by atoms with van der Waals surface area (Å²) in [6.45, 7) is 0. The molecule has 4 aliphatic heterocycles. The Morgan fingerprint density at radius 3 is 1.02 bits per heavy atom. The molecule has 0 fully saturated rings. The van der Waals surface area contributed by atoms with Crippen LogP contribution >= 0.6 is 152 Å². The van der Waals surface area contributed by atoms with Crippen LogP contribution < -0.4 is 23.7 Å². The lowest BCUT2D eigenvalue weighted by Gasteiger charge is -2.16. The van der Waals surface area contributed by atoms with Crippen molar-refractivity contribution in [1.29, 1.82) is 0 Å². The number of rotatable bonds is 10. The molecule has 0 saturated heterocycles. The number of fused-ring (bicyclic) bond motifs is 12. The number of allylic oxidation sites excluding steroid dienone is 12. The zero-order valence-corrected chi connectivity index (χ0v) is 79.5. The van der Waals surface area contributed by atoms with Crippen LogP contribution in [0.4, 0.5) is 0 Å². The molecule has 132 heavy (non-hydrogen) atoms. The first-order valence-corrected chi connectivity index (χ1v) is 44.8. The van der Waals surface area contributed by atoms with E-state index in [0.717, 1.165) is 12.1 Å². The van der Waals surface area contributed by atoms with Crippen LogP contribution in [-0.4, -0.2) is 97.0 Å². The van der Waals surface area contributed by atoms with Gasteiger partial charge in [0, 0.05) is 150 Å². The predicted octanol–water partition coefficient (Wildman–Crippen LogP) is 26.7. The van der Waals surface area contributed by atoms with E-state index in [2.05, 4.69) is 47.8 Å². The molecule has 36 heteroatoms. The van der Waals surface area contributed by atoms with Gasteiger partial charge in [0.05, 0.1) is 28.5 Å². The van der Waals surface area contributed by atoms with Gasteiger partial charge in [0.2, 0.25) is 17.2 Å². The Morgan fingerprint density at radius 1 is 0.288 bits per heavy atom. The largest absolute Gasteiger partial charge is 0.508 e. The van der Waals surface area contributed by atoms with Gasteiger partial charge in [-0.15, -0.1) is 0 Å². The van der Waals surface area contributed by atoms with Crippen molar-refractivity contribution in [3.63, 3.8) is 0 Å². The van der Waals surface area contributed by atoms with Crippen molar-refractivity contribution in [1.82, 2.24) is 0 Å². The molecule has 686 valence electrons. The second-order valence-corrected chi connectivity index (χ2v) is 36.5. The van der Waals surface area contributed by atoms with E-state index in [9.17, 15) is 97.0 Å². The fourth-order valence-corrected chi connectivity index (χ4v) is 16.7. The van der Waals surface area contributed by atoms with Crippen LogP contribution in [-0.2, 0) is 77.0 Å². The second kappa shape index (κ2) is 43.8. The molecule has 4 aliphatic rings. The maximum absolute atomic E-state index is 10.7. The van der Waals surface area contributed by atoms with Gasteiger partial charge in [0.25, 0.3) is 0 Å². The van der Waals surface area contributed by atoms with Crippen molar-refractivity contribution in [2.24, 2.45) is 0 Å². The Morgan fingerprint density at radius 2 is 0.614 bits per heavy atom. The monoisotopic (exact) mass is 2160 g/mol. The van der Waals surface area contributed by atoms with Gasteiger partial charge in [0.1, 0.15) is 92.0 Å². The summed E-state index contributed by atoms with van der Waals surface area (Å²) >= 11 is 67.3. The third-order valence-corrected chi connectivity index (χ3v) is 24.4. The highest BCUT2D eigenvalue weighted by Gasteiger charge is 2.26. The molecule has 4 heterocycles. The summed E-state index contributed by atoms with van der Waals surface area (Å²) in [4.78, 5) is 0. The molecule has 0 radical (unpaired) electrons. The van der Waals surface area contributed by atoms with Gasteiger partial charge in [-0.2, -0.15) is 0 Å². The Labute approximate surface area is 823 Å². The zero-order chi connectivity index (χ0) is 95.5. The van der Waals surface area contributed by atoms with Gasteiger partial charge in [-0.3, -0.25) is 0 Å². The van der Waals surface area contributed by atoms with Gasteiger partial charge < -0.3 is 121 Å². The fraction of sp³-hybridized carbons (Fsp3) is 0.125. The number of hydrogen-bond donors (Lipinski definition) is 19. The third-order valence-electron chi connectivity index (χ3n) is 19.9. The normalized spacial score (nSPS) is 14.8. The molecular formula is C96H74Br3Cl9O24. The van der Waals surface area contributed by atoms with Crippen LogP contribution in [0.3, 0.4) is 0 Å². The molecule has 0 spiro atoms. The number of phenolic OH excluding ortho intramolecular Hbond substituents is 19. The molecule has 12 bridgehead atoms. The van der Waals surface area contributed by atoms with Crippen LogP contribution in [0.1, 0.15) is 66.8 Å². The minimum Gasteiger partial charge on any atom is -0.508 e. The summed E-state index contributed by atoms with van der Waals surface area (Å²) in [5.74, 6) is -3.91. The molecular weight excluding hydrogens is 2100 g/mol. The van der Waals surface area contributed by atoms with Gasteiger partial charge in [-0.25, -0.2) is 0 Å². The smallest absolute Gasteiger partial charge is 0.210 e. The lowest BCUT2D eigenvalue weighted by molar-refractivity contribution is 0.373. The summed E-state index contributed by atoms with van der Waals surface area (Å²) in [5, 5.41) is 200. The highest BCUT2D eigenvalue weighted by Crippen LogP contribution is 2.51. The number of phenols is 19. The standard InChI is InChI=1S/C32H24Br2Cl2O8.C32H24BrCl3O8.C32H26Cl4O8/c33-22-13-24(38)16-1-3-19(35)5-15-6-26(40)32(27(41)7-15)44-30-11-17(25(39)14-23(30)34)2-4-20(36)8-18-9-21(37)12-28(42)31(18)43-29(22)10-16;33-22-13-24(38)16-1-3-19(34)5-15-6-26(40)32(27(41)7-15)44-30-11-17(25(39)14-23(30)36)2-4-20(35)8-18-9-21(37)12-28(42)31(18)43-29(22)10-16;33-20(5-16-7-22(37)13-23(38)8-16)4-2-19-12-31(25(36)15-27(19)40)44-32-29(42)9-17(10-30(32)43)6-21(34)3-1-18-11-28(41)24(35)14-26(18)39/h2*3-4,6-7,9-14,37-42H,1-2,5,8H2;3-4,7-15,37-43H,1-2,5-6H2/b2*19-3+,20-4+;20-4+,21-3+. The number of benzene rings is 12. The molecule has 0 unspecified atom stereocenters. The molecule has 19 N–H and O–H groups in total. The first-order chi connectivity index (χ1) is 62.5. The molecule has 0 aromatic heterocycles. The lowest BCUT2D eigenvalue weighted by Crippen LogP contribution is -1.97. The minimum atomic E-state index is -0.396. The van der Waals surface area contributed by atoms with Crippen LogP contribution in [0, 0.1) is 0 Å². The average Bonchev–Trinajstić information content (AvgIpc) is 0.810. The SMILES string of the molecule is Oc1cc(O)c2c(c1)C/C(Cl)=C\Cc1cc(c(Br)cc1O)Oc1c(O)cc(cc1O)C/C(Cl)=C\Cc1cc(c(Br)cc1O)O2.Oc1cc(O)c2c(c1)C/C(Cl)=C\Cc1cc(c(Cl)cc1O)Oc1c(O)cc(cc1O)C/C(Cl)=C\Cc1cc(c(Br)cc1O)O2.Oc1cc(O)cc(C/C(Cl)=C\Cc2cc(Oc3c(O)cc(C/C(Cl)=C\Cc4cc(O)c(Cl)cc4O)cc3O)c(Cl)cc2O)c1. The summed E-state index contributed by atoms with van der Waals surface area (Å²) in [5.41, 5.74) is 5.23. The maximum Gasteiger partial charge on any atom is 0.210 e. The van der Waals surface area contributed by atoms with E-state index in [1.807, 2.05) is 0 Å². The van der Waals surface area contributed by atoms with Crippen molar-refractivity contribution in [3.8, 4) is 167 Å². The number of halogens is 12. The Kier molecular flexibility index (Phi) is 33.0. The molecule has 0 aliphatic carbocycles. The summed E-state index contributed by atoms with van der Waals surface area (Å²) < 4.78 is 30.7. The number of hydrogen-bond acceptors (Lipinski definition) is 24. The third kappa shape index (κ3) is 26.0.